The van der Waals surface area contributed by atoms with Crippen LogP contribution < -0.4 is 5.32 Å². The minimum absolute atomic E-state index is 0.0941. The lowest BCUT2D eigenvalue weighted by Crippen LogP contribution is -2.56. The molecule has 2 N–H and O–H groups in total. The Morgan fingerprint density at radius 3 is 2.87 bits per heavy atom. The molecule has 5 heteroatoms. The zero-order valence-corrected chi connectivity index (χ0v) is 9.19. The summed E-state index contributed by atoms with van der Waals surface area (Å²) in [6.45, 7) is 4.88. The van der Waals surface area contributed by atoms with E-state index in [2.05, 4.69) is 5.32 Å². The molecule has 1 fully saturated rings. The molecule has 0 aromatic heterocycles. The number of carbonyl (C=O) groups excluding carboxylic acids is 1. The highest BCUT2D eigenvalue weighted by molar-refractivity contribution is 5.79. The number of carboxylic acid groups (broad SMARTS) is 1. The molecule has 1 atom stereocenters. The van der Waals surface area contributed by atoms with E-state index in [1.807, 2.05) is 13.8 Å². The number of amides is 1. The second kappa shape index (κ2) is 5.11. The Hall–Kier alpha value is -1.10. The summed E-state index contributed by atoms with van der Waals surface area (Å²) in [6.07, 6.45) is 0.726. The SMILES string of the molecule is CC(C)N1CC(CCC(=O)O)NCC1=O. The van der Waals surface area contributed by atoms with Gasteiger partial charge in [0.05, 0.1) is 6.54 Å². The third-order valence-corrected chi connectivity index (χ3v) is 2.61. The van der Waals surface area contributed by atoms with E-state index in [-0.39, 0.29) is 24.4 Å². The first kappa shape index (κ1) is 12.0. The molecule has 1 aliphatic rings. The van der Waals surface area contributed by atoms with E-state index in [4.69, 9.17) is 5.11 Å². The van der Waals surface area contributed by atoms with Crippen molar-refractivity contribution in [2.45, 2.75) is 38.8 Å². The maximum Gasteiger partial charge on any atom is 0.303 e. The second-order valence-electron chi connectivity index (χ2n) is 4.15. The largest absolute Gasteiger partial charge is 0.481 e. The maximum absolute atomic E-state index is 11.5. The fourth-order valence-electron chi connectivity index (χ4n) is 1.73. The van der Waals surface area contributed by atoms with Gasteiger partial charge >= 0.3 is 5.97 Å². The van der Waals surface area contributed by atoms with Crippen LogP contribution in [0.25, 0.3) is 0 Å². The van der Waals surface area contributed by atoms with E-state index < -0.39 is 5.97 Å². The van der Waals surface area contributed by atoms with Crippen molar-refractivity contribution in [3.8, 4) is 0 Å². The minimum Gasteiger partial charge on any atom is -0.481 e. The molecule has 1 rings (SSSR count). The predicted molar refractivity (Wildman–Crippen MR) is 55.5 cm³/mol. The molecule has 15 heavy (non-hydrogen) atoms. The highest BCUT2D eigenvalue weighted by Gasteiger charge is 2.26. The molecule has 1 unspecified atom stereocenters. The summed E-state index contributed by atoms with van der Waals surface area (Å²) in [6, 6.07) is 0.299. The molecular formula is C10H18N2O3. The van der Waals surface area contributed by atoms with Gasteiger partial charge in [-0.3, -0.25) is 9.59 Å². The fourth-order valence-corrected chi connectivity index (χ4v) is 1.73. The Morgan fingerprint density at radius 1 is 1.67 bits per heavy atom. The number of piperazine rings is 1. The molecule has 1 amide bonds. The maximum atomic E-state index is 11.5. The molecule has 0 aliphatic carbocycles. The normalized spacial score (nSPS) is 22.2. The number of nitrogens with zero attached hydrogens (tertiary/aromatic N) is 1. The smallest absolute Gasteiger partial charge is 0.303 e. The molecule has 1 aliphatic heterocycles. The molecule has 0 radical (unpaired) electrons. The van der Waals surface area contributed by atoms with Crippen LogP contribution in [0.3, 0.4) is 0 Å². The quantitative estimate of drug-likeness (QED) is 0.694. The standard InChI is InChI=1S/C10H18N2O3/c1-7(2)12-6-8(3-4-10(14)15)11-5-9(12)13/h7-8,11H,3-6H2,1-2H3,(H,14,15). The van der Waals surface area contributed by atoms with Gasteiger partial charge in [0.15, 0.2) is 0 Å². The molecule has 1 heterocycles. The summed E-state index contributed by atoms with van der Waals surface area (Å²) in [7, 11) is 0. The van der Waals surface area contributed by atoms with Gasteiger partial charge in [0.1, 0.15) is 0 Å². The van der Waals surface area contributed by atoms with Gasteiger partial charge in [-0.25, -0.2) is 0 Å². The number of aliphatic carboxylic acids is 1. The first-order valence-electron chi connectivity index (χ1n) is 5.25. The number of nitrogens with one attached hydrogen (secondary N) is 1. The molecule has 86 valence electrons. The predicted octanol–water partition coefficient (Wildman–Crippen LogP) is 0.0600. The highest BCUT2D eigenvalue weighted by Crippen LogP contribution is 2.09. The summed E-state index contributed by atoms with van der Waals surface area (Å²) in [5.41, 5.74) is 0. The van der Waals surface area contributed by atoms with Gasteiger partial charge in [0.2, 0.25) is 5.91 Å². The first-order chi connectivity index (χ1) is 7.00. The number of carbonyl (C=O) groups is 2. The van der Waals surface area contributed by atoms with Gasteiger partial charge in [-0.15, -0.1) is 0 Å². The average molecular weight is 214 g/mol. The van der Waals surface area contributed by atoms with Crippen LogP contribution in [0.15, 0.2) is 0 Å². The molecule has 0 saturated carbocycles. The van der Waals surface area contributed by atoms with E-state index in [0.29, 0.717) is 19.5 Å². The van der Waals surface area contributed by atoms with Gasteiger partial charge in [-0.2, -0.15) is 0 Å². The van der Waals surface area contributed by atoms with Gasteiger partial charge in [0, 0.05) is 25.0 Å². The zero-order valence-electron chi connectivity index (χ0n) is 9.19. The number of hydrogen-bond acceptors (Lipinski definition) is 3. The first-order valence-corrected chi connectivity index (χ1v) is 5.25. The Balaban J connectivity index is 2.43. The van der Waals surface area contributed by atoms with Gasteiger partial charge in [-0.1, -0.05) is 0 Å². The van der Waals surface area contributed by atoms with Crippen molar-refractivity contribution >= 4 is 11.9 Å². The lowest BCUT2D eigenvalue weighted by atomic mass is 10.1. The Bertz CT molecular complexity index is 253. The van der Waals surface area contributed by atoms with Crippen LogP contribution >= 0.6 is 0 Å². The summed E-state index contributed by atoms with van der Waals surface area (Å²) in [4.78, 5) is 23.7. The molecular weight excluding hydrogens is 196 g/mol. The van der Waals surface area contributed by atoms with Crippen LogP contribution in [0.5, 0.6) is 0 Å². The molecule has 0 bridgehead atoms. The third-order valence-electron chi connectivity index (χ3n) is 2.61. The van der Waals surface area contributed by atoms with Crippen LogP contribution in [0.4, 0.5) is 0 Å². The number of rotatable bonds is 4. The van der Waals surface area contributed by atoms with Gasteiger partial charge in [-0.05, 0) is 20.3 Å². The van der Waals surface area contributed by atoms with Gasteiger partial charge < -0.3 is 15.3 Å². The van der Waals surface area contributed by atoms with Crippen molar-refractivity contribution in [3.63, 3.8) is 0 Å². The molecule has 1 saturated heterocycles. The lowest BCUT2D eigenvalue weighted by Gasteiger charge is -2.36. The van der Waals surface area contributed by atoms with E-state index in [1.54, 1.807) is 4.90 Å². The van der Waals surface area contributed by atoms with Crippen molar-refractivity contribution in [3.05, 3.63) is 0 Å². The average Bonchev–Trinajstić information content (AvgIpc) is 2.16. The number of carboxylic acids is 1. The monoisotopic (exact) mass is 214 g/mol. The Kier molecular flexibility index (Phi) is 4.08. The summed E-state index contributed by atoms with van der Waals surface area (Å²) in [5.74, 6) is -0.693. The van der Waals surface area contributed by atoms with E-state index in [0.717, 1.165) is 0 Å². The molecule has 0 aromatic rings. The van der Waals surface area contributed by atoms with Crippen LogP contribution in [-0.2, 0) is 9.59 Å². The highest BCUT2D eigenvalue weighted by atomic mass is 16.4. The van der Waals surface area contributed by atoms with Crippen molar-refractivity contribution < 1.29 is 14.7 Å². The van der Waals surface area contributed by atoms with Crippen LogP contribution in [-0.4, -0.2) is 47.1 Å². The van der Waals surface area contributed by atoms with Crippen molar-refractivity contribution in [2.24, 2.45) is 0 Å². The molecule has 0 aromatic carbocycles. The minimum atomic E-state index is -0.787. The van der Waals surface area contributed by atoms with E-state index >= 15 is 0 Å². The fraction of sp³-hybridized carbons (Fsp3) is 0.800. The van der Waals surface area contributed by atoms with Crippen molar-refractivity contribution in [1.29, 1.82) is 0 Å². The van der Waals surface area contributed by atoms with Gasteiger partial charge in [0.25, 0.3) is 0 Å². The molecule has 5 nitrogen and oxygen atoms in total. The number of hydrogen-bond donors (Lipinski definition) is 2. The van der Waals surface area contributed by atoms with Crippen LogP contribution in [0.1, 0.15) is 26.7 Å². The topological polar surface area (TPSA) is 69.6 Å². The summed E-state index contributed by atoms with van der Waals surface area (Å²) >= 11 is 0. The second-order valence-corrected chi connectivity index (χ2v) is 4.15. The van der Waals surface area contributed by atoms with Crippen LogP contribution in [0.2, 0.25) is 0 Å². The van der Waals surface area contributed by atoms with E-state index in [9.17, 15) is 9.59 Å². The summed E-state index contributed by atoms with van der Waals surface area (Å²) < 4.78 is 0. The van der Waals surface area contributed by atoms with Crippen LogP contribution in [0, 0.1) is 0 Å². The molecule has 0 spiro atoms. The Morgan fingerprint density at radius 2 is 2.33 bits per heavy atom. The third kappa shape index (κ3) is 3.51. The van der Waals surface area contributed by atoms with Crippen molar-refractivity contribution in [1.82, 2.24) is 10.2 Å². The van der Waals surface area contributed by atoms with Crippen molar-refractivity contribution in [2.75, 3.05) is 13.1 Å². The summed E-state index contributed by atoms with van der Waals surface area (Å²) in [5, 5.41) is 11.6. The zero-order chi connectivity index (χ0) is 11.4. The van der Waals surface area contributed by atoms with E-state index in [1.165, 1.54) is 0 Å². The lowest BCUT2D eigenvalue weighted by molar-refractivity contribution is -0.137. The Labute approximate surface area is 89.4 Å².